The van der Waals surface area contributed by atoms with Gasteiger partial charge < -0.3 is 15.2 Å². The zero-order valence-corrected chi connectivity index (χ0v) is 22.1. The minimum Gasteiger partial charge on any atom is -0.382 e. The molecule has 0 unspecified atom stereocenters. The predicted octanol–water partition coefficient (Wildman–Crippen LogP) is 4.51. The summed E-state index contributed by atoms with van der Waals surface area (Å²) in [5, 5.41) is 0. The number of fused-ring (bicyclic) bond motifs is 2. The van der Waals surface area contributed by atoms with Crippen molar-refractivity contribution in [2.45, 2.75) is 38.3 Å². The maximum absolute atomic E-state index is 6.46. The zero-order valence-electron chi connectivity index (χ0n) is 22.1. The third-order valence-electron chi connectivity index (χ3n) is 8.51. The van der Waals surface area contributed by atoms with Gasteiger partial charge in [-0.2, -0.15) is 0 Å². The van der Waals surface area contributed by atoms with Gasteiger partial charge in [-0.15, -0.1) is 0 Å². The van der Waals surface area contributed by atoms with Crippen molar-refractivity contribution in [3.8, 4) is 22.6 Å². The first-order valence-corrected chi connectivity index (χ1v) is 13.7. The van der Waals surface area contributed by atoms with E-state index in [9.17, 15) is 0 Å². The molecule has 0 radical (unpaired) electrons. The Morgan fingerprint density at radius 1 is 0.947 bits per heavy atom. The van der Waals surface area contributed by atoms with Crippen LogP contribution in [0, 0.1) is 0 Å². The molecule has 194 valence electrons. The highest BCUT2D eigenvalue weighted by atomic mass is 15.3. The van der Waals surface area contributed by atoms with Crippen LogP contribution in [0.5, 0.6) is 0 Å². The van der Waals surface area contributed by atoms with E-state index in [1.54, 1.807) is 6.20 Å². The first kappa shape index (κ1) is 23.4. The highest BCUT2D eigenvalue weighted by Gasteiger charge is 2.38. The zero-order chi connectivity index (χ0) is 25.8. The molecule has 0 bridgehead atoms. The number of imidazole rings is 2. The van der Waals surface area contributed by atoms with E-state index in [2.05, 4.69) is 80.2 Å². The summed E-state index contributed by atoms with van der Waals surface area (Å²) < 4.78 is 4.45. The van der Waals surface area contributed by atoms with Gasteiger partial charge in [0, 0.05) is 68.2 Å². The topological polar surface area (TPSA) is 80.5 Å². The van der Waals surface area contributed by atoms with E-state index < -0.39 is 0 Å². The highest BCUT2D eigenvalue weighted by Crippen LogP contribution is 2.42. The van der Waals surface area contributed by atoms with Crippen LogP contribution in [0.3, 0.4) is 0 Å². The van der Waals surface area contributed by atoms with Crippen LogP contribution in [0.2, 0.25) is 0 Å². The lowest BCUT2D eigenvalue weighted by Crippen LogP contribution is -2.52. The SMILES string of the molecule is CCn1c(-c2ccccc2)nc2cc(-c3nc(C4CC(N5CCN(C)CC5)C4)n4ccnc(N)c34)ccc21. The summed E-state index contributed by atoms with van der Waals surface area (Å²) in [5.41, 5.74) is 12.5. The van der Waals surface area contributed by atoms with Gasteiger partial charge in [-0.3, -0.25) is 9.30 Å². The van der Waals surface area contributed by atoms with Gasteiger partial charge >= 0.3 is 0 Å². The normalized spacial score (nSPS) is 20.8. The van der Waals surface area contributed by atoms with Crippen LogP contribution >= 0.6 is 0 Å². The van der Waals surface area contributed by atoms with Crippen molar-refractivity contribution in [1.82, 2.24) is 33.7 Å². The molecular weight excluding hydrogens is 472 g/mol. The number of rotatable bonds is 5. The molecule has 7 rings (SSSR count). The first-order valence-electron chi connectivity index (χ1n) is 13.7. The smallest absolute Gasteiger partial charge is 0.150 e. The minimum absolute atomic E-state index is 0.426. The molecule has 38 heavy (non-hydrogen) atoms. The summed E-state index contributed by atoms with van der Waals surface area (Å²) in [7, 11) is 2.21. The van der Waals surface area contributed by atoms with Crippen molar-refractivity contribution < 1.29 is 0 Å². The molecule has 4 heterocycles. The fourth-order valence-electron chi connectivity index (χ4n) is 6.26. The van der Waals surface area contributed by atoms with Crippen LogP contribution in [-0.2, 0) is 6.54 Å². The van der Waals surface area contributed by atoms with Gasteiger partial charge in [-0.05, 0) is 38.9 Å². The number of hydrogen-bond acceptors (Lipinski definition) is 6. The van der Waals surface area contributed by atoms with E-state index in [1.807, 2.05) is 12.3 Å². The van der Waals surface area contributed by atoms with Crippen molar-refractivity contribution in [3.63, 3.8) is 0 Å². The Bertz CT molecular complexity index is 1600. The van der Waals surface area contributed by atoms with Crippen molar-refractivity contribution >= 4 is 22.4 Å². The minimum atomic E-state index is 0.426. The first-order chi connectivity index (χ1) is 18.6. The molecule has 2 fully saturated rings. The lowest BCUT2D eigenvalue weighted by molar-refractivity contribution is 0.0586. The Morgan fingerprint density at radius 3 is 2.50 bits per heavy atom. The Balaban J connectivity index is 1.26. The van der Waals surface area contributed by atoms with Crippen molar-refractivity contribution in [2.24, 2.45) is 0 Å². The fraction of sp³-hybridized carbons (Fsp3) is 0.367. The standard InChI is InChI=1S/C30H34N8/c1-3-37-25-10-9-21(19-24(25)33-29(37)20-7-5-4-6-8-20)26-27-28(31)32-11-12-38(27)30(34-26)22-17-23(18-22)36-15-13-35(2)14-16-36/h4-12,19,22-23H,3,13-18H2,1-2H3,(H2,31,32). The quantitative estimate of drug-likeness (QED) is 0.378. The third kappa shape index (κ3) is 3.78. The van der Waals surface area contributed by atoms with Crippen LogP contribution in [0.4, 0.5) is 5.82 Å². The number of likely N-dealkylation sites (N-methyl/N-ethyl adjacent to an activating group) is 1. The number of hydrogen-bond donors (Lipinski definition) is 1. The lowest BCUT2D eigenvalue weighted by Gasteiger charge is -2.45. The number of aromatic nitrogens is 5. The number of nitrogen functional groups attached to an aromatic ring is 1. The van der Waals surface area contributed by atoms with Crippen molar-refractivity contribution in [2.75, 3.05) is 39.0 Å². The second-order valence-electron chi connectivity index (χ2n) is 10.8. The van der Waals surface area contributed by atoms with E-state index in [0.717, 1.165) is 90.6 Å². The van der Waals surface area contributed by atoms with Crippen LogP contribution in [-0.4, -0.2) is 73.0 Å². The monoisotopic (exact) mass is 506 g/mol. The van der Waals surface area contributed by atoms with E-state index in [-0.39, 0.29) is 0 Å². The molecular formula is C30H34N8. The summed E-state index contributed by atoms with van der Waals surface area (Å²) >= 11 is 0. The Hall–Kier alpha value is -3.75. The lowest BCUT2D eigenvalue weighted by atomic mass is 9.78. The number of nitrogens with zero attached hydrogens (tertiary/aromatic N) is 7. The molecule has 1 saturated carbocycles. The number of benzene rings is 2. The molecule has 0 amide bonds. The Morgan fingerprint density at radius 2 is 1.74 bits per heavy atom. The van der Waals surface area contributed by atoms with Crippen LogP contribution < -0.4 is 5.73 Å². The van der Waals surface area contributed by atoms with E-state index in [0.29, 0.717) is 17.8 Å². The van der Waals surface area contributed by atoms with E-state index in [4.69, 9.17) is 15.7 Å². The van der Waals surface area contributed by atoms with Crippen LogP contribution in [0.1, 0.15) is 31.5 Å². The molecule has 1 saturated heterocycles. The van der Waals surface area contributed by atoms with Crippen molar-refractivity contribution in [3.05, 3.63) is 66.7 Å². The largest absolute Gasteiger partial charge is 0.382 e. The number of aryl methyl sites for hydroxylation is 1. The summed E-state index contributed by atoms with van der Waals surface area (Å²) in [6, 6.07) is 17.5. The average molecular weight is 507 g/mol. The van der Waals surface area contributed by atoms with Gasteiger partial charge in [0.05, 0.1) is 11.0 Å². The average Bonchev–Trinajstić information content (AvgIpc) is 3.48. The molecule has 0 atom stereocenters. The molecule has 0 spiro atoms. The highest BCUT2D eigenvalue weighted by molar-refractivity contribution is 5.91. The van der Waals surface area contributed by atoms with Crippen LogP contribution in [0.25, 0.3) is 39.2 Å². The van der Waals surface area contributed by atoms with Crippen molar-refractivity contribution in [1.29, 1.82) is 0 Å². The number of anilines is 1. The van der Waals surface area contributed by atoms with Gasteiger partial charge in [0.2, 0.25) is 0 Å². The molecule has 8 heteroatoms. The second-order valence-corrected chi connectivity index (χ2v) is 10.8. The molecule has 1 aliphatic carbocycles. The molecule has 1 aliphatic heterocycles. The third-order valence-corrected chi connectivity index (χ3v) is 8.51. The van der Waals surface area contributed by atoms with E-state index in [1.165, 1.54) is 0 Å². The molecule has 2 aliphatic rings. The molecule has 2 aromatic carbocycles. The summed E-state index contributed by atoms with van der Waals surface area (Å²) in [4.78, 5) is 19.8. The molecule has 8 nitrogen and oxygen atoms in total. The summed E-state index contributed by atoms with van der Waals surface area (Å²) in [5.74, 6) is 3.02. The maximum atomic E-state index is 6.46. The van der Waals surface area contributed by atoms with Crippen LogP contribution in [0.15, 0.2) is 60.9 Å². The van der Waals surface area contributed by atoms with E-state index >= 15 is 0 Å². The Kier molecular flexibility index (Phi) is 5.67. The fourth-order valence-corrected chi connectivity index (χ4v) is 6.26. The predicted molar refractivity (Wildman–Crippen MR) is 152 cm³/mol. The summed E-state index contributed by atoms with van der Waals surface area (Å²) in [6.07, 6.45) is 6.08. The molecule has 2 N–H and O–H groups in total. The van der Waals surface area contributed by atoms with Gasteiger partial charge in [0.15, 0.2) is 0 Å². The maximum Gasteiger partial charge on any atom is 0.150 e. The van der Waals surface area contributed by atoms with Gasteiger partial charge in [-0.1, -0.05) is 36.4 Å². The van der Waals surface area contributed by atoms with Gasteiger partial charge in [0.25, 0.3) is 0 Å². The van der Waals surface area contributed by atoms with Gasteiger partial charge in [-0.25, -0.2) is 15.0 Å². The summed E-state index contributed by atoms with van der Waals surface area (Å²) in [6.45, 7) is 7.65. The number of nitrogens with two attached hydrogens (primary N) is 1. The number of piperazine rings is 1. The Labute approximate surface area is 222 Å². The second kappa shape index (κ2) is 9.22. The molecule has 3 aromatic heterocycles. The van der Waals surface area contributed by atoms with Gasteiger partial charge in [0.1, 0.15) is 28.7 Å². The molecule has 5 aromatic rings.